The summed E-state index contributed by atoms with van der Waals surface area (Å²) in [6.45, 7) is 15.2. The van der Waals surface area contributed by atoms with Crippen LogP contribution in [0, 0.1) is 6.92 Å². The first-order chi connectivity index (χ1) is 13.6. The summed E-state index contributed by atoms with van der Waals surface area (Å²) in [7, 11) is 1.95. The monoisotopic (exact) mass is 411 g/mol. The highest BCUT2D eigenvalue weighted by molar-refractivity contribution is 7.84. The van der Waals surface area contributed by atoms with Crippen LogP contribution in [0.5, 0.6) is 11.5 Å². The average Bonchev–Trinajstić information content (AvgIpc) is 2.66. The Hall–Kier alpha value is -2.33. The van der Waals surface area contributed by atoms with Gasteiger partial charge in [-0.1, -0.05) is 32.6 Å². The van der Waals surface area contributed by atoms with Crippen LogP contribution in [0.4, 0.5) is 5.69 Å². The van der Waals surface area contributed by atoms with Gasteiger partial charge < -0.3 is 15.1 Å². The number of rotatable bonds is 7. The number of allylic oxidation sites excluding steroid dienone is 3. The molecule has 1 atom stereocenters. The van der Waals surface area contributed by atoms with Crippen LogP contribution in [-0.2, 0) is 0 Å². The van der Waals surface area contributed by atoms with Crippen molar-refractivity contribution in [2.75, 3.05) is 18.5 Å². The smallest absolute Gasteiger partial charge is 0.138 e. The summed E-state index contributed by atoms with van der Waals surface area (Å²) in [5, 5.41) is 21.1. The van der Waals surface area contributed by atoms with E-state index in [0.29, 0.717) is 10.8 Å². The van der Waals surface area contributed by atoms with Crippen molar-refractivity contribution in [1.82, 2.24) is 0 Å². The van der Waals surface area contributed by atoms with Crippen molar-refractivity contribution >= 4 is 23.9 Å². The molecule has 0 aromatic heterocycles. The molecule has 0 radical (unpaired) electrons. The Labute approximate surface area is 180 Å². The second kappa shape index (κ2) is 9.45. The minimum atomic E-state index is -0.221. The average molecular weight is 412 g/mol. The summed E-state index contributed by atoms with van der Waals surface area (Å²) in [4.78, 5) is 2.67. The summed E-state index contributed by atoms with van der Waals surface area (Å²) in [6, 6.07) is 9.49. The van der Waals surface area contributed by atoms with E-state index in [1.54, 1.807) is 6.07 Å². The van der Waals surface area contributed by atoms with Crippen LogP contribution < -0.4 is 4.90 Å². The van der Waals surface area contributed by atoms with Crippen LogP contribution in [0.1, 0.15) is 61.8 Å². The van der Waals surface area contributed by atoms with Crippen LogP contribution in [0.3, 0.4) is 0 Å². The predicted molar refractivity (Wildman–Crippen MR) is 129 cm³/mol. The van der Waals surface area contributed by atoms with Crippen LogP contribution in [0.2, 0.25) is 0 Å². The molecule has 3 nitrogen and oxygen atoms in total. The van der Waals surface area contributed by atoms with E-state index in [1.165, 1.54) is 5.56 Å². The van der Waals surface area contributed by atoms with Crippen molar-refractivity contribution in [3.63, 3.8) is 0 Å². The molecule has 2 aromatic rings. The lowest BCUT2D eigenvalue weighted by molar-refractivity contribution is 0.472. The van der Waals surface area contributed by atoms with E-state index in [-0.39, 0.29) is 17.4 Å². The van der Waals surface area contributed by atoms with E-state index in [1.807, 2.05) is 57.0 Å². The number of phenols is 2. The predicted octanol–water partition coefficient (Wildman–Crippen LogP) is 6.62. The lowest BCUT2D eigenvalue weighted by Crippen LogP contribution is -2.16. The first kappa shape index (κ1) is 23.0. The molecule has 0 saturated heterocycles. The van der Waals surface area contributed by atoms with Gasteiger partial charge in [-0.3, -0.25) is 0 Å². The van der Waals surface area contributed by atoms with Gasteiger partial charge in [0.2, 0.25) is 0 Å². The van der Waals surface area contributed by atoms with Gasteiger partial charge in [-0.05, 0) is 78.1 Å². The molecule has 0 amide bonds. The summed E-state index contributed by atoms with van der Waals surface area (Å²) >= 11 is 4.61. The number of aryl methyl sites for hydroxylation is 1. The number of benzene rings is 2. The third-order valence-corrected chi connectivity index (χ3v) is 5.75. The molecular formula is C25H33NO2S. The highest BCUT2D eigenvalue weighted by atomic mass is 32.1. The Kier molecular flexibility index (Phi) is 7.48. The fourth-order valence-corrected chi connectivity index (χ4v) is 4.08. The zero-order valence-electron chi connectivity index (χ0n) is 18.3. The minimum Gasteiger partial charge on any atom is -0.507 e. The van der Waals surface area contributed by atoms with Crippen molar-refractivity contribution in [3.8, 4) is 11.5 Å². The van der Waals surface area contributed by atoms with Crippen molar-refractivity contribution < 1.29 is 10.2 Å². The second-order valence-electron chi connectivity index (χ2n) is 7.81. The quantitative estimate of drug-likeness (QED) is 0.449. The Morgan fingerprint density at radius 2 is 1.83 bits per heavy atom. The molecule has 0 aliphatic carbocycles. The molecule has 0 aliphatic rings. The molecule has 1 unspecified atom stereocenters. The van der Waals surface area contributed by atoms with Gasteiger partial charge in [-0.25, -0.2) is 0 Å². The third kappa shape index (κ3) is 4.81. The molecule has 0 aliphatic heterocycles. The van der Waals surface area contributed by atoms with Crippen molar-refractivity contribution in [1.29, 1.82) is 0 Å². The molecule has 4 heteroatoms. The van der Waals surface area contributed by atoms with E-state index >= 15 is 0 Å². The van der Waals surface area contributed by atoms with E-state index in [4.69, 9.17) is 0 Å². The highest BCUT2D eigenvalue weighted by Crippen LogP contribution is 2.44. The summed E-state index contributed by atoms with van der Waals surface area (Å²) in [5.41, 5.74) is 5.75. The van der Waals surface area contributed by atoms with Crippen LogP contribution in [0.15, 0.2) is 47.9 Å². The van der Waals surface area contributed by atoms with E-state index in [2.05, 4.69) is 39.1 Å². The summed E-state index contributed by atoms with van der Waals surface area (Å²) in [6.07, 6.45) is 2.01. The standard InChI is InChI=1S/C25H33NO2S/c1-8-19(21-14-20(15(3)4)16(5)12-24(21)28)25(17(6)29)18-10-11-23(27)22(13-18)26(7)9-2/h8,10-15,25,27-29H,6,9H2,1-5,7H3/b19-8-. The zero-order chi connectivity index (χ0) is 21.9. The molecule has 0 spiro atoms. The van der Waals surface area contributed by atoms with Gasteiger partial charge in [-0.2, -0.15) is 0 Å². The summed E-state index contributed by atoms with van der Waals surface area (Å²) in [5.74, 6) is 0.623. The van der Waals surface area contributed by atoms with Crippen molar-refractivity contribution in [2.45, 2.75) is 46.5 Å². The zero-order valence-corrected chi connectivity index (χ0v) is 19.2. The maximum absolute atomic E-state index is 10.8. The Bertz CT molecular complexity index is 931. The van der Waals surface area contributed by atoms with E-state index in [0.717, 1.165) is 34.5 Å². The number of thiol groups is 1. The number of hydrogen-bond donors (Lipinski definition) is 3. The fraction of sp³-hybridized carbons (Fsp3) is 0.360. The molecule has 0 heterocycles. The summed E-state index contributed by atoms with van der Waals surface area (Å²) < 4.78 is 0. The van der Waals surface area contributed by atoms with E-state index in [9.17, 15) is 10.2 Å². The lowest BCUT2D eigenvalue weighted by Gasteiger charge is -2.26. The van der Waals surface area contributed by atoms with Crippen LogP contribution in [0.25, 0.3) is 5.57 Å². The Morgan fingerprint density at radius 3 is 2.34 bits per heavy atom. The molecule has 156 valence electrons. The lowest BCUT2D eigenvalue weighted by atomic mass is 9.83. The van der Waals surface area contributed by atoms with E-state index < -0.39 is 0 Å². The molecule has 2 aromatic carbocycles. The third-order valence-electron chi connectivity index (χ3n) is 5.49. The number of nitrogens with zero attached hydrogens (tertiary/aromatic N) is 1. The molecule has 2 rings (SSSR count). The normalized spacial score (nSPS) is 12.9. The van der Waals surface area contributed by atoms with Gasteiger partial charge in [0.1, 0.15) is 11.5 Å². The molecule has 0 fully saturated rings. The van der Waals surface area contributed by atoms with Crippen molar-refractivity contribution in [3.05, 3.63) is 70.1 Å². The number of hydrogen-bond acceptors (Lipinski definition) is 4. The Balaban J connectivity index is 2.67. The minimum absolute atomic E-state index is 0.221. The largest absolute Gasteiger partial charge is 0.507 e. The van der Waals surface area contributed by atoms with Crippen LogP contribution in [-0.4, -0.2) is 23.8 Å². The van der Waals surface area contributed by atoms with Gasteiger partial charge in [0.15, 0.2) is 0 Å². The van der Waals surface area contributed by atoms with Gasteiger partial charge >= 0.3 is 0 Å². The molecule has 29 heavy (non-hydrogen) atoms. The number of phenolic OH excluding ortho intramolecular Hbond substituents is 2. The molecule has 0 saturated carbocycles. The molecular weight excluding hydrogens is 378 g/mol. The number of aromatic hydroxyl groups is 2. The fourth-order valence-electron chi connectivity index (χ4n) is 3.79. The Morgan fingerprint density at radius 1 is 1.17 bits per heavy atom. The number of anilines is 1. The van der Waals surface area contributed by atoms with Gasteiger partial charge in [-0.15, -0.1) is 12.6 Å². The highest BCUT2D eigenvalue weighted by Gasteiger charge is 2.24. The maximum Gasteiger partial charge on any atom is 0.138 e. The van der Waals surface area contributed by atoms with Gasteiger partial charge in [0.25, 0.3) is 0 Å². The first-order valence-corrected chi connectivity index (χ1v) is 10.5. The molecule has 2 N–H and O–H groups in total. The topological polar surface area (TPSA) is 43.7 Å². The van der Waals surface area contributed by atoms with Gasteiger partial charge in [0.05, 0.1) is 5.69 Å². The molecule has 0 bridgehead atoms. The SMILES string of the molecule is C=C(S)C(/C(=C\C)c1cc(C(C)C)c(C)cc1O)c1ccc(O)c(N(C)CC)c1. The maximum atomic E-state index is 10.8. The first-order valence-electron chi connectivity index (χ1n) is 10.0. The van der Waals surface area contributed by atoms with Crippen molar-refractivity contribution in [2.24, 2.45) is 0 Å². The van der Waals surface area contributed by atoms with Crippen LogP contribution >= 0.6 is 12.6 Å². The van der Waals surface area contributed by atoms with Gasteiger partial charge in [0, 0.05) is 25.1 Å². The second-order valence-corrected chi connectivity index (χ2v) is 8.39.